The van der Waals surface area contributed by atoms with E-state index in [4.69, 9.17) is 10.00 Å². The molecule has 1 amide bonds. The molecule has 1 aromatic carbocycles. The SMILES string of the molecule is C=CC(C)(C)S(=O)C1(COc2nncc3cc(C(=O)NCc4ccc(C#N)cc4)c(=O)n(C)c23)CC1. The minimum absolute atomic E-state index is 0.0369. The van der Waals surface area contributed by atoms with Crippen LogP contribution in [-0.2, 0) is 24.4 Å². The van der Waals surface area contributed by atoms with E-state index in [1.54, 1.807) is 37.4 Å². The molecule has 36 heavy (non-hydrogen) atoms. The maximum atomic E-state index is 13.1. The summed E-state index contributed by atoms with van der Waals surface area (Å²) in [6.07, 6.45) is 4.68. The Hall–Kier alpha value is -3.84. The highest BCUT2D eigenvalue weighted by atomic mass is 32.2. The fourth-order valence-corrected chi connectivity index (χ4v) is 5.81. The third-order valence-electron chi connectivity index (χ3n) is 6.41. The van der Waals surface area contributed by atoms with Gasteiger partial charge in [-0.1, -0.05) is 18.2 Å². The van der Waals surface area contributed by atoms with Crippen LogP contribution in [0.1, 0.15) is 48.2 Å². The Morgan fingerprint density at radius 2 is 2.06 bits per heavy atom. The zero-order valence-electron chi connectivity index (χ0n) is 20.4. The molecule has 1 saturated carbocycles. The van der Waals surface area contributed by atoms with Crippen molar-refractivity contribution in [3.8, 4) is 11.9 Å². The zero-order chi connectivity index (χ0) is 26.1. The lowest BCUT2D eigenvalue weighted by Crippen LogP contribution is -2.37. The molecule has 9 nitrogen and oxygen atoms in total. The van der Waals surface area contributed by atoms with E-state index in [0.717, 1.165) is 18.4 Å². The maximum absolute atomic E-state index is 13.1. The van der Waals surface area contributed by atoms with E-state index in [0.29, 0.717) is 16.5 Å². The number of carbonyl (C=O) groups excluding carboxylic acids is 1. The normalized spacial score (nSPS) is 15.1. The summed E-state index contributed by atoms with van der Waals surface area (Å²) in [5.74, 6) is -0.378. The molecule has 1 fully saturated rings. The quantitative estimate of drug-likeness (QED) is 0.443. The number of pyridine rings is 1. The molecule has 2 aromatic heterocycles. The standard InChI is InChI=1S/C26H27N5O4S/c1-5-25(2,3)36(34)26(10-11-26)16-35-23-21-19(15-29-30-23)12-20(24(33)31(21)4)22(32)28-14-18-8-6-17(13-27)7-9-18/h5-9,12,15H,1,10-11,14,16H2,2-4H3,(H,28,32). The van der Waals surface area contributed by atoms with Gasteiger partial charge in [0, 0.05) is 29.8 Å². The molecule has 0 saturated heterocycles. The minimum Gasteiger partial charge on any atom is -0.474 e. The number of nitriles is 1. The second-order valence-corrected chi connectivity index (χ2v) is 11.9. The number of hydrogen-bond acceptors (Lipinski definition) is 7. The Labute approximate surface area is 211 Å². The maximum Gasteiger partial charge on any atom is 0.263 e. The van der Waals surface area contributed by atoms with Crippen molar-refractivity contribution in [1.29, 1.82) is 5.26 Å². The number of amides is 1. The fourth-order valence-electron chi connectivity index (χ4n) is 3.91. The van der Waals surface area contributed by atoms with Gasteiger partial charge in [0.15, 0.2) is 0 Å². The van der Waals surface area contributed by atoms with Crippen molar-refractivity contribution in [3.05, 3.63) is 76.2 Å². The van der Waals surface area contributed by atoms with Crippen molar-refractivity contribution in [2.24, 2.45) is 7.05 Å². The number of aromatic nitrogens is 3. The second-order valence-electron chi connectivity index (χ2n) is 9.42. The highest BCUT2D eigenvalue weighted by Crippen LogP contribution is 2.46. The lowest BCUT2D eigenvalue weighted by molar-refractivity contribution is 0.0949. The minimum atomic E-state index is -1.21. The average Bonchev–Trinajstić information content (AvgIpc) is 3.68. The van der Waals surface area contributed by atoms with Crippen LogP contribution < -0.4 is 15.6 Å². The van der Waals surface area contributed by atoms with Gasteiger partial charge in [-0.05, 0) is 50.5 Å². The summed E-state index contributed by atoms with van der Waals surface area (Å²) in [4.78, 5) is 25.9. The fraction of sp³-hybridized carbons (Fsp3) is 0.346. The monoisotopic (exact) mass is 505 g/mol. The first kappa shape index (κ1) is 25.3. The van der Waals surface area contributed by atoms with Gasteiger partial charge in [-0.3, -0.25) is 13.8 Å². The van der Waals surface area contributed by atoms with Crippen LogP contribution in [0.5, 0.6) is 5.88 Å². The Bertz CT molecular complexity index is 1470. The van der Waals surface area contributed by atoms with E-state index in [-0.39, 0.29) is 24.6 Å². The number of nitrogens with zero attached hydrogens (tertiary/aromatic N) is 4. The molecule has 2 heterocycles. The summed E-state index contributed by atoms with van der Waals surface area (Å²) in [7, 11) is 0.339. The van der Waals surface area contributed by atoms with E-state index in [1.165, 1.54) is 16.8 Å². The van der Waals surface area contributed by atoms with Crippen LogP contribution in [0.15, 0.2) is 54.0 Å². The van der Waals surface area contributed by atoms with Gasteiger partial charge in [-0.25, -0.2) is 0 Å². The predicted octanol–water partition coefficient (Wildman–Crippen LogP) is 2.75. The number of benzene rings is 1. The summed E-state index contributed by atoms with van der Waals surface area (Å²) in [6, 6.07) is 10.3. The van der Waals surface area contributed by atoms with Crippen LogP contribution in [0.25, 0.3) is 10.9 Å². The number of aryl methyl sites for hydroxylation is 1. The van der Waals surface area contributed by atoms with Gasteiger partial charge in [-0.2, -0.15) is 10.4 Å². The molecule has 1 aliphatic carbocycles. The summed E-state index contributed by atoms with van der Waals surface area (Å²) in [5, 5.41) is 20.2. The van der Waals surface area contributed by atoms with Crippen LogP contribution in [0, 0.1) is 11.3 Å². The summed E-state index contributed by atoms with van der Waals surface area (Å²) in [5.41, 5.74) is 1.19. The highest BCUT2D eigenvalue weighted by Gasteiger charge is 2.53. The summed E-state index contributed by atoms with van der Waals surface area (Å²) >= 11 is 0. The third kappa shape index (κ3) is 4.79. The molecule has 0 aliphatic heterocycles. The first-order valence-corrected chi connectivity index (χ1v) is 12.6. The van der Waals surface area contributed by atoms with Crippen molar-refractivity contribution in [2.75, 3.05) is 6.61 Å². The van der Waals surface area contributed by atoms with Crippen molar-refractivity contribution in [3.63, 3.8) is 0 Å². The Morgan fingerprint density at radius 3 is 2.67 bits per heavy atom. The Morgan fingerprint density at radius 1 is 1.36 bits per heavy atom. The molecule has 1 atom stereocenters. The van der Waals surface area contributed by atoms with Crippen LogP contribution in [0.3, 0.4) is 0 Å². The smallest absolute Gasteiger partial charge is 0.263 e. The van der Waals surface area contributed by atoms with Gasteiger partial charge >= 0.3 is 0 Å². The van der Waals surface area contributed by atoms with E-state index in [1.807, 2.05) is 19.9 Å². The molecule has 1 aliphatic rings. The van der Waals surface area contributed by atoms with Crippen LogP contribution in [0.2, 0.25) is 0 Å². The van der Waals surface area contributed by atoms with E-state index >= 15 is 0 Å². The van der Waals surface area contributed by atoms with Gasteiger partial charge in [0.05, 0.1) is 27.3 Å². The van der Waals surface area contributed by atoms with E-state index in [9.17, 15) is 13.8 Å². The Balaban J connectivity index is 1.56. The summed E-state index contributed by atoms with van der Waals surface area (Å²) < 4.78 is 19.4. The predicted molar refractivity (Wildman–Crippen MR) is 137 cm³/mol. The van der Waals surface area contributed by atoms with Crippen LogP contribution in [0.4, 0.5) is 0 Å². The van der Waals surface area contributed by atoms with Crippen molar-refractivity contribution in [2.45, 2.75) is 42.7 Å². The van der Waals surface area contributed by atoms with Gasteiger partial charge in [0.1, 0.15) is 17.7 Å². The van der Waals surface area contributed by atoms with Crippen molar-refractivity contribution >= 4 is 27.6 Å². The van der Waals surface area contributed by atoms with Gasteiger partial charge in [-0.15, -0.1) is 11.7 Å². The third-order valence-corrected chi connectivity index (χ3v) is 8.85. The first-order valence-electron chi connectivity index (χ1n) is 11.4. The molecule has 10 heteroatoms. The van der Waals surface area contributed by atoms with Crippen LogP contribution in [-0.4, -0.2) is 41.0 Å². The molecule has 0 spiro atoms. The molecule has 0 bridgehead atoms. The summed E-state index contributed by atoms with van der Waals surface area (Å²) in [6.45, 7) is 7.93. The number of rotatable bonds is 9. The number of nitrogens with one attached hydrogen (secondary N) is 1. The molecular formula is C26H27N5O4S. The first-order chi connectivity index (χ1) is 17.1. The largest absolute Gasteiger partial charge is 0.474 e. The molecule has 0 radical (unpaired) electrons. The number of fused-ring (bicyclic) bond motifs is 1. The molecular weight excluding hydrogens is 478 g/mol. The van der Waals surface area contributed by atoms with E-state index in [2.05, 4.69) is 22.1 Å². The van der Waals surface area contributed by atoms with Gasteiger partial charge < -0.3 is 14.6 Å². The van der Waals surface area contributed by atoms with Crippen LogP contribution >= 0.6 is 0 Å². The van der Waals surface area contributed by atoms with Gasteiger partial charge in [0.25, 0.3) is 17.3 Å². The number of ether oxygens (including phenoxy) is 1. The second kappa shape index (κ2) is 9.66. The Kier molecular flexibility index (Phi) is 6.78. The van der Waals surface area contributed by atoms with Gasteiger partial charge in [0.2, 0.25) is 0 Å². The number of carbonyl (C=O) groups is 1. The lowest BCUT2D eigenvalue weighted by Gasteiger charge is -2.26. The molecule has 186 valence electrons. The molecule has 4 rings (SSSR count). The number of hydrogen-bond donors (Lipinski definition) is 1. The zero-order valence-corrected chi connectivity index (χ0v) is 21.2. The molecule has 3 aromatic rings. The highest BCUT2D eigenvalue weighted by molar-refractivity contribution is 7.88. The topological polar surface area (TPSA) is 127 Å². The van der Waals surface area contributed by atoms with E-state index < -0.39 is 31.8 Å². The van der Waals surface area contributed by atoms with Crippen molar-refractivity contribution < 1.29 is 13.7 Å². The lowest BCUT2D eigenvalue weighted by atomic mass is 10.1. The van der Waals surface area contributed by atoms with Crippen molar-refractivity contribution in [1.82, 2.24) is 20.1 Å². The average molecular weight is 506 g/mol. The molecule has 1 N–H and O–H groups in total. The molecule has 1 unspecified atom stereocenters.